The Morgan fingerprint density at radius 3 is 2.57 bits per heavy atom. The van der Waals surface area contributed by atoms with E-state index in [1.54, 1.807) is 11.3 Å². The van der Waals surface area contributed by atoms with Gasteiger partial charge < -0.3 is 5.73 Å². The highest BCUT2D eigenvalue weighted by molar-refractivity contribution is 7.15. The van der Waals surface area contributed by atoms with Crippen molar-refractivity contribution in [1.29, 1.82) is 0 Å². The number of rotatable bonds is 4. The Labute approximate surface area is 129 Å². The molecule has 0 saturated heterocycles. The molecule has 3 aromatic rings. The summed E-state index contributed by atoms with van der Waals surface area (Å²) in [5.74, 6) is 0.551. The second-order valence-corrected chi connectivity index (χ2v) is 6.55. The van der Waals surface area contributed by atoms with Gasteiger partial charge in [0.2, 0.25) is 0 Å². The molecule has 110 valence electrons. The number of hydrogen-bond donors (Lipinski definition) is 1. The van der Waals surface area contributed by atoms with Gasteiger partial charge in [-0.25, -0.2) is 4.98 Å². The predicted octanol–water partition coefficient (Wildman–Crippen LogP) is 4.00. The van der Waals surface area contributed by atoms with E-state index >= 15 is 0 Å². The summed E-state index contributed by atoms with van der Waals surface area (Å²) in [6, 6.07) is 8.76. The first-order chi connectivity index (χ1) is 10.1. The average Bonchev–Trinajstić information content (AvgIpc) is 3.01. The first-order valence-electron chi connectivity index (χ1n) is 7.37. The molecule has 0 atom stereocenters. The highest BCUT2D eigenvalue weighted by Crippen LogP contribution is 2.29. The zero-order valence-electron chi connectivity index (χ0n) is 12.8. The standard InChI is InChI=1S/C17H21N3S/c1-11(2)13-4-6-14(7-5-13)16-15(8-9-18)20-12(3)10-21-17(20)19-16/h4-7,10-11H,8-9,18H2,1-3H3. The third-order valence-corrected chi connectivity index (χ3v) is 4.81. The highest BCUT2D eigenvalue weighted by Gasteiger charge is 2.16. The van der Waals surface area contributed by atoms with Gasteiger partial charge in [0.25, 0.3) is 0 Å². The molecule has 0 aliphatic carbocycles. The fraction of sp³-hybridized carbons (Fsp3) is 0.353. The average molecular weight is 299 g/mol. The van der Waals surface area contributed by atoms with E-state index in [-0.39, 0.29) is 0 Å². The molecule has 0 unspecified atom stereocenters. The summed E-state index contributed by atoms with van der Waals surface area (Å²) < 4.78 is 2.24. The van der Waals surface area contributed by atoms with Gasteiger partial charge in [-0.1, -0.05) is 38.1 Å². The van der Waals surface area contributed by atoms with Crippen LogP contribution in [0.15, 0.2) is 29.6 Å². The molecule has 2 N–H and O–H groups in total. The van der Waals surface area contributed by atoms with Gasteiger partial charge in [0, 0.05) is 23.1 Å². The lowest BCUT2D eigenvalue weighted by atomic mass is 10.00. The number of benzene rings is 1. The number of imidazole rings is 1. The third-order valence-electron chi connectivity index (χ3n) is 3.86. The second-order valence-electron chi connectivity index (χ2n) is 5.72. The van der Waals surface area contributed by atoms with Crippen molar-refractivity contribution in [3.05, 3.63) is 46.6 Å². The molecule has 0 aliphatic rings. The van der Waals surface area contributed by atoms with E-state index in [2.05, 4.69) is 54.8 Å². The van der Waals surface area contributed by atoms with Crippen molar-refractivity contribution in [3.8, 4) is 11.3 Å². The molecule has 4 heteroatoms. The second kappa shape index (κ2) is 5.62. The van der Waals surface area contributed by atoms with E-state index < -0.39 is 0 Å². The zero-order valence-corrected chi connectivity index (χ0v) is 13.6. The number of fused-ring (bicyclic) bond motifs is 1. The fourth-order valence-corrected chi connectivity index (χ4v) is 3.57. The topological polar surface area (TPSA) is 43.3 Å². The Hall–Kier alpha value is -1.65. The number of aromatic nitrogens is 2. The van der Waals surface area contributed by atoms with Gasteiger partial charge in [-0.3, -0.25) is 4.40 Å². The van der Waals surface area contributed by atoms with Crippen molar-refractivity contribution in [1.82, 2.24) is 9.38 Å². The summed E-state index contributed by atoms with van der Waals surface area (Å²) >= 11 is 1.69. The Kier molecular flexibility index (Phi) is 3.83. The normalized spacial score (nSPS) is 11.7. The first-order valence-corrected chi connectivity index (χ1v) is 8.25. The maximum atomic E-state index is 5.80. The lowest BCUT2D eigenvalue weighted by Crippen LogP contribution is -2.06. The third kappa shape index (κ3) is 2.49. The summed E-state index contributed by atoms with van der Waals surface area (Å²) in [6.07, 6.45) is 0.847. The van der Waals surface area contributed by atoms with Crippen molar-refractivity contribution in [3.63, 3.8) is 0 Å². The van der Waals surface area contributed by atoms with E-state index in [0.717, 1.165) is 17.1 Å². The van der Waals surface area contributed by atoms with Gasteiger partial charge in [-0.2, -0.15) is 0 Å². The number of nitrogens with two attached hydrogens (primary N) is 1. The fourth-order valence-electron chi connectivity index (χ4n) is 2.69. The van der Waals surface area contributed by atoms with Crippen molar-refractivity contribution in [2.24, 2.45) is 5.73 Å². The molecular formula is C17H21N3S. The number of hydrogen-bond acceptors (Lipinski definition) is 3. The van der Waals surface area contributed by atoms with E-state index in [0.29, 0.717) is 12.5 Å². The van der Waals surface area contributed by atoms with Gasteiger partial charge in [-0.05, 0) is 24.9 Å². The van der Waals surface area contributed by atoms with Gasteiger partial charge in [0.15, 0.2) is 4.96 Å². The van der Waals surface area contributed by atoms with Crippen LogP contribution < -0.4 is 5.73 Å². The minimum absolute atomic E-state index is 0.551. The van der Waals surface area contributed by atoms with Crippen LogP contribution in [-0.2, 0) is 6.42 Å². The maximum absolute atomic E-state index is 5.80. The Balaban J connectivity index is 2.12. The van der Waals surface area contributed by atoms with Crippen LogP contribution in [0.4, 0.5) is 0 Å². The highest BCUT2D eigenvalue weighted by atomic mass is 32.1. The van der Waals surface area contributed by atoms with E-state index in [1.165, 1.54) is 22.5 Å². The van der Waals surface area contributed by atoms with Gasteiger partial charge >= 0.3 is 0 Å². The molecule has 0 spiro atoms. The van der Waals surface area contributed by atoms with Crippen molar-refractivity contribution in [2.45, 2.75) is 33.1 Å². The van der Waals surface area contributed by atoms with Crippen molar-refractivity contribution >= 4 is 16.3 Å². The SMILES string of the molecule is Cc1csc2nc(-c3ccc(C(C)C)cc3)c(CCN)n12. The van der Waals surface area contributed by atoms with E-state index in [4.69, 9.17) is 10.7 Å². The lowest BCUT2D eigenvalue weighted by Gasteiger charge is -2.07. The molecule has 0 amide bonds. The van der Waals surface area contributed by atoms with Crippen LogP contribution >= 0.6 is 11.3 Å². The number of nitrogens with zero attached hydrogens (tertiary/aromatic N) is 2. The van der Waals surface area contributed by atoms with Crippen LogP contribution in [0.2, 0.25) is 0 Å². The Bertz CT molecular complexity index is 750. The maximum Gasteiger partial charge on any atom is 0.194 e. The van der Waals surface area contributed by atoms with Crippen LogP contribution in [0.3, 0.4) is 0 Å². The van der Waals surface area contributed by atoms with Gasteiger partial charge in [-0.15, -0.1) is 11.3 Å². The van der Waals surface area contributed by atoms with Crippen LogP contribution in [0.25, 0.3) is 16.2 Å². The molecule has 0 aliphatic heterocycles. The minimum Gasteiger partial charge on any atom is -0.330 e. The Morgan fingerprint density at radius 2 is 1.95 bits per heavy atom. The summed E-state index contributed by atoms with van der Waals surface area (Å²) in [6.45, 7) is 7.19. The van der Waals surface area contributed by atoms with Gasteiger partial charge in [0.05, 0.1) is 11.4 Å². The molecular weight excluding hydrogens is 278 g/mol. The molecule has 21 heavy (non-hydrogen) atoms. The van der Waals surface area contributed by atoms with Crippen LogP contribution in [-0.4, -0.2) is 15.9 Å². The van der Waals surface area contributed by atoms with Crippen LogP contribution in [0, 0.1) is 6.92 Å². The number of thiazole rings is 1. The largest absolute Gasteiger partial charge is 0.330 e. The first kappa shape index (κ1) is 14.3. The summed E-state index contributed by atoms with van der Waals surface area (Å²) in [5.41, 5.74) is 11.9. The van der Waals surface area contributed by atoms with Gasteiger partial charge in [0.1, 0.15) is 0 Å². The molecule has 0 saturated carbocycles. The summed E-state index contributed by atoms with van der Waals surface area (Å²) in [4.78, 5) is 5.88. The molecule has 2 aromatic heterocycles. The summed E-state index contributed by atoms with van der Waals surface area (Å²) in [7, 11) is 0. The lowest BCUT2D eigenvalue weighted by molar-refractivity contribution is 0.866. The smallest absolute Gasteiger partial charge is 0.194 e. The minimum atomic E-state index is 0.551. The van der Waals surface area contributed by atoms with Crippen LogP contribution in [0.5, 0.6) is 0 Å². The summed E-state index contributed by atoms with van der Waals surface area (Å²) in [5, 5.41) is 2.15. The molecule has 0 radical (unpaired) electrons. The quantitative estimate of drug-likeness (QED) is 0.791. The predicted molar refractivity (Wildman–Crippen MR) is 90.1 cm³/mol. The molecule has 2 heterocycles. The van der Waals surface area contributed by atoms with Crippen molar-refractivity contribution in [2.75, 3.05) is 6.54 Å². The Morgan fingerprint density at radius 1 is 1.24 bits per heavy atom. The molecule has 3 rings (SSSR count). The monoisotopic (exact) mass is 299 g/mol. The molecule has 3 nitrogen and oxygen atoms in total. The zero-order chi connectivity index (χ0) is 15.0. The van der Waals surface area contributed by atoms with E-state index in [9.17, 15) is 0 Å². The van der Waals surface area contributed by atoms with Crippen LogP contribution in [0.1, 0.15) is 36.7 Å². The number of aryl methyl sites for hydroxylation is 1. The molecule has 0 fully saturated rings. The van der Waals surface area contributed by atoms with E-state index in [1.807, 2.05) is 0 Å². The van der Waals surface area contributed by atoms with Crippen molar-refractivity contribution < 1.29 is 0 Å². The molecule has 0 bridgehead atoms. The molecule has 1 aromatic carbocycles.